The van der Waals surface area contributed by atoms with Crippen LogP contribution in [0, 0.1) is 0 Å². The summed E-state index contributed by atoms with van der Waals surface area (Å²) >= 11 is 1.72. The molecule has 0 unspecified atom stereocenters. The van der Waals surface area contributed by atoms with Gasteiger partial charge < -0.3 is 5.32 Å². The fraction of sp³-hybridized carbons (Fsp3) is 0.500. The van der Waals surface area contributed by atoms with Crippen molar-refractivity contribution in [1.29, 1.82) is 0 Å². The van der Waals surface area contributed by atoms with Crippen LogP contribution in [0.2, 0.25) is 0 Å². The molecular formula is C10H15N5S. The normalized spacial score (nSPS) is 10.8. The van der Waals surface area contributed by atoms with E-state index in [0.29, 0.717) is 0 Å². The van der Waals surface area contributed by atoms with Crippen molar-refractivity contribution in [3.8, 4) is 0 Å². The molecule has 0 aromatic carbocycles. The predicted octanol–water partition coefficient (Wildman–Crippen LogP) is 1.09. The number of aryl methyl sites for hydroxylation is 2. The molecule has 0 aliphatic heterocycles. The van der Waals surface area contributed by atoms with Gasteiger partial charge in [-0.1, -0.05) is 6.92 Å². The highest BCUT2D eigenvalue weighted by Gasteiger charge is 2.04. The summed E-state index contributed by atoms with van der Waals surface area (Å²) in [6.07, 6.45) is 0.980. The van der Waals surface area contributed by atoms with Crippen LogP contribution in [0.25, 0.3) is 0 Å². The number of nitrogens with one attached hydrogen (secondary N) is 1. The van der Waals surface area contributed by atoms with E-state index in [-0.39, 0.29) is 0 Å². The van der Waals surface area contributed by atoms with E-state index < -0.39 is 0 Å². The molecule has 2 aromatic heterocycles. The van der Waals surface area contributed by atoms with Crippen molar-refractivity contribution in [2.45, 2.75) is 26.4 Å². The van der Waals surface area contributed by atoms with Gasteiger partial charge in [0.15, 0.2) is 5.82 Å². The lowest BCUT2D eigenvalue weighted by Crippen LogP contribution is -2.17. The Morgan fingerprint density at radius 3 is 3.19 bits per heavy atom. The summed E-state index contributed by atoms with van der Waals surface area (Å²) in [5, 5.41) is 19.2. The highest BCUT2D eigenvalue weighted by molar-refractivity contribution is 7.07. The fourth-order valence-electron chi connectivity index (χ4n) is 1.43. The summed E-state index contributed by atoms with van der Waals surface area (Å²) in [6.45, 7) is 4.56. The molecule has 2 aromatic rings. The summed E-state index contributed by atoms with van der Waals surface area (Å²) in [4.78, 5) is 0. The molecular weight excluding hydrogens is 222 g/mol. The van der Waals surface area contributed by atoms with Crippen LogP contribution in [0.15, 0.2) is 16.8 Å². The summed E-state index contributed by atoms with van der Waals surface area (Å²) < 4.78 is 1.86. The minimum Gasteiger partial charge on any atom is -0.310 e. The van der Waals surface area contributed by atoms with Crippen molar-refractivity contribution in [2.75, 3.05) is 6.54 Å². The Labute approximate surface area is 98.5 Å². The molecule has 0 aliphatic rings. The van der Waals surface area contributed by atoms with E-state index in [1.165, 1.54) is 5.56 Å². The Morgan fingerprint density at radius 2 is 2.44 bits per heavy atom. The van der Waals surface area contributed by atoms with Crippen molar-refractivity contribution in [3.63, 3.8) is 0 Å². The van der Waals surface area contributed by atoms with Gasteiger partial charge in [-0.15, -0.1) is 5.10 Å². The first-order valence-corrected chi connectivity index (χ1v) is 6.31. The lowest BCUT2D eigenvalue weighted by molar-refractivity contribution is 0.546. The predicted molar refractivity (Wildman–Crippen MR) is 63.2 cm³/mol. The van der Waals surface area contributed by atoms with Crippen LogP contribution in [0.1, 0.15) is 18.3 Å². The van der Waals surface area contributed by atoms with Crippen LogP contribution in [-0.4, -0.2) is 26.8 Å². The molecule has 0 radical (unpaired) electrons. The zero-order valence-electron chi connectivity index (χ0n) is 9.26. The first-order chi connectivity index (χ1) is 7.90. The molecule has 0 saturated heterocycles. The van der Waals surface area contributed by atoms with Gasteiger partial charge in [0.2, 0.25) is 0 Å². The Kier molecular flexibility index (Phi) is 4.01. The van der Waals surface area contributed by atoms with Crippen LogP contribution < -0.4 is 5.32 Å². The highest BCUT2D eigenvalue weighted by Crippen LogP contribution is 2.07. The minimum atomic E-state index is 0.729. The number of thiophene rings is 1. The average Bonchev–Trinajstić information content (AvgIpc) is 2.94. The smallest absolute Gasteiger partial charge is 0.165 e. The van der Waals surface area contributed by atoms with E-state index in [1.807, 2.05) is 4.68 Å². The van der Waals surface area contributed by atoms with Gasteiger partial charge in [-0.3, -0.25) is 0 Å². The Hall–Kier alpha value is -1.27. The maximum atomic E-state index is 4.00. The Balaban J connectivity index is 1.91. The van der Waals surface area contributed by atoms with Crippen LogP contribution in [0.4, 0.5) is 0 Å². The maximum absolute atomic E-state index is 4.00. The molecule has 0 atom stereocenters. The number of nitrogens with zero attached hydrogens (tertiary/aromatic N) is 4. The van der Waals surface area contributed by atoms with Crippen LogP contribution >= 0.6 is 11.3 Å². The third-order valence-electron chi connectivity index (χ3n) is 2.33. The second kappa shape index (κ2) is 5.72. The molecule has 0 bridgehead atoms. The number of hydrogen-bond acceptors (Lipinski definition) is 5. The molecule has 0 aliphatic carbocycles. The second-order valence-electron chi connectivity index (χ2n) is 3.48. The second-order valence-corrected chi connectivity index (χ2v) is 4.26. The van der Waals surface area contributed by atoms with E-state index in [0.717, 1.165) is 31.9 Å². The average molecular weight is 237 g/mol. The quantitative estimate of drug-likeness (QED) is 0.817. The van der Waals surface area contributed by atoms with E-state index in [9.17, 15) is 0 Å². The number of hydrogen-bond donors (Lipinski definition) is 1. The first kappa shape index (κ1) is 11.2. The summed E-state index contributed by atoms with van der Waals surface area (Å²) in [7, 11) is 0. The molecule has 0 spiro atoms. The van der Waals surface area contributed by atoms with Gasteiger partial charge in [0.25, 0.3) is 0 Å². The Morgan fingerprint density at radius 1 is 1.50 bits per heavy atom. The molecule has 1 N–H and O–H groups in total. The van der Waals surface area contributed by atoms with Crippen molar-refractivity contribution in [2.24, 2.45) is 0 Å². The zero-order chi connectivity index (χ0) is 11.2. The summed E-state index contributed by atoms with van der Waals surface area (Å²) in [6, 6.07) is 2.14. The topological polar surface area (TPSA) is 55.6 Å². The van der Waals surface area contributed by atoms with Gasteiger partial charge in [0.1, 0.15) is 0 Å². The highest BCUT2D eigenvalue weighted by atomic mass is 32.1. The van der Waals surface area contributed by atoms with Gasteiger partial charge in [-0.05, 0) is 45.8 Å². The zero-order valence-corrected chi connectivity index (χ0v) is 10.1. The summed E-state index contributed by atoms with van der Waals surface area (Å²) in [5.74, 6) is 0.900. The molecule has 0 saturated carbocycles. The molecule has 6 heteroatoms. The van der Waals surface area contributed by atoms with Crippen LogP contribution in [0.5, 0.6) is 0 Å². The van der Waals surface area contributed by atoms with E-state index in [1.54, 1.807) is 11.3 Å². The standard InChI is InChI=1S/C10H15N5S/c1-2-11-7-10-12-13-14-15(10)5-3-9-4-6-16-8-9/h4,6,8,11H,2-3,5,7H2,1H3. The molecule has 0 fully saturated rings. The molecule has 2 rings (SSSR count). The SMILES string of the molecule is CCNCc1nnnn1CCc1ccsc1. The fourth-order valence-corrected chi connectivity index (χ4v) is 2.13. The van der Waals surface area contributed by atoms with Crippen molar-refractivity contribution >= 4 is 11.3 Å². The molecule has 86 valence electrons. The number of aromatic nitrogens is 4. The number of rotatable bonds is 6. The largest absolute Gasteiger partial charge is 0.310 e. The van der Waals surface area contributed by atoms with Gasteiger partial charge in [-0.25, -0.2) is 4.68 Å². The lowest BCUT2D eigenvalue weighted by Gasteiger charge is -2.03. The molecule has 16 heavy (non-hydrogen) atoms. The van der Waals surface area contributed by atoms with E-state index in [2.05, 4.69) is 44.6 Å². The van der Waals surface area contributed by atoms with E-state index >= 15 is 0 Å². The van der Waals surface area contributed by atoms with Crippen molar-refractivity contribution in [3.05, 3.63) is 28.2 Å². The monoisotopic (exact) mass is 237 g/mol. The van der Waals surface area contributed by atoms with Crippen molar-refractivity contribution in [1.82, 2.24) is 25.5 Å². The van der Waals surface area contributed by atoms with E-state index in [4.69, 9.17) is 0 Å². The molecule has 5 nitrogen and oxygen atoms in total. The molecule has 0 amide bonds. The van der Waals surface area contributed by atoms with Crippen molar-refractivity contribution < 1.29 is 0 Å². The van der Waals surface area contributed by atoms with Crippen LogP contribution in [-0.2, 0) is 19.5 Å². The maximum Gasteiger partial charge on any atom is 0.165 e. The van der Waals surface area contributed by atoms with Gasteiger partial charge in [0.05, 0.1) is 6.54 Å². The third kappa shape index (κ3) is 2.86. The Bertz CT molecular complexity index is 409. The third-order valence-corrected chi connectivity index (χ3v) is 3.06. The van der Waals surface area contributed by atoms with Gasteiger partial charge >= 0.3 is 0 Å². The lowest BCUT2D eigenvalue weighted by atomic mass is 10.2. The molecule has 2 heterocycles. The summed E-state index contributed by atoms with van der Waals surface area (Å²) in [5.41, 5.74) is 1.34. The minimum absolute atomic E-state index is 0.729. The first-order valence-electron chi connectivity index (χ1n) is 5.37. The van der Waals surface area contributed by atoms with Gasteiger partial charge in [-0.2, -0.15) is 11.3 Å². The number of tetrazole rings is 1. The van der Waals surface area contributed by atoms with Crippen LogP contribution in [0.3, 0.4) is 0 Å². The van der Waals surface area contributed by atoms with Gasteiger partial charge in [0, 0.05) is 6.54 Å².